The van der Waals surface area contributed by atoms with Crippen LogP contribution in [0.2, 0.25) is 0 Å². The number of hydrogen-bond donors (Lipinski definition) is 1. The second-order valence-electron chi connectivity index (χ2n) is 7.24. The average Bonchev–Trinajstić information content (AvgIpc) is 2.93. The summed E-state index contributed by atoms with van der Waals surface area (Å²) >= 11 is 0. The van der Waals surface area contributed by atoms with Gasteiger partial charge in [0.1, 0.15) is 12.4 Å². The molecular weight excluding hydrogens is 375 g/mol. The average molecular weight is 399 g/mol. The van der Waals surface area contributed by atoms with Crippen LogP contribution in [0.3, 0.4) is 0 Å². The van der Waals surface area contributed by atoms with E-state index in [1.165, 1.54) is 22.6 Å². The fourth-order valence-corrected chi connectivity index (χ4v) is 4.04. The molecule has 2 aliphatic heterocycles. The first kappa shape index (κ1) is 19.4. The molecule has 2 heterocycles. The summed E-state index contributed by atoms with van der Waals surface area (Å²) in [6.45, 7) is 6.88. The van der Waals surface area contributed by atoms with Gasteiger partial charge in [0.2, 0.25) is 0 Å². The van der Waals surface area contributed by atoms with E-state index in [-0.39, 0.29) is 5.56 Å². The van der Waals surface area contributed by atoms with Gasteiger partial charge in [0, 0.05) is 12.0 Å². The predicted molar refractivity (Wildman–Crippen MR) is 105 cm³/mol. The van der Waals surface area contributed by atoms with Gasteiger partial charge in [-0.15, -0.1) is 0 Å². The zero-order chi connectivity index (χ0) is 20.5. The van der Waals surface area contributed by atoms with Crippen molar-refractivity contribution >= 4 is 17.4 Å². The molecule has 29 heavy (non-hydrogen) atoms. The van der Waals surface area contributed by atoms with Gasteiger partial charge in [0.15, 0.2) is 18.2 Å². The SMILES string of the molecule is CCOc1cc2c(cc1OCC)C[NH+](CN1C(=O)C(=O)c3cc(F)ccc31)CC2. The molecule has 0 fully saturated rings. The third-order valence-electron chi connectivity index (χ3n) is 5.37. The molecule has 0 saturated heterocycles. The molecule has 0 bridgehead atoms. The number of Topliss-reactive ketones (excluding diaryl/α,β-unsaturated/α-hetero) is 1. The summed E-state index contributed by atoms with van der Waals surface area (Å²) in [5, 5.41) is 0. The highest BCUT2D eigenvalue weighted by Gasteiger charge is 2.38. The molecule has 2 aromatic rings. The Labute approximate surface area is 168 Å². The van der Waals surface area contributed by atoms with E-state index in [9.17, 15) is 14.0 Å². The summed E-state index contributed by atoms with van der Waals surface area (Å²) in [6.07, 6.45) is 0.837. The van der Waals surface area contributed by atoms with Crippen LogP contribution in [0.25, 0.3) is 0 Å². The van der Waals surface area contributed by atoms with Crippen molar-refractivity contribution in [2.75, 3.05) is 31.3 Å². The fraction of sp³-hybridized carbons (Fsp3) is 0.364. The number of ketones is 1. The van der Waals surface area contributed by atoms with Crippen molar-refractivity contribution in [1.82, 2.24) is 0 Å². The Morgan fingerprint density at radius 3 is 2.41 bits per heavy atom. The third kappa shape index (κ3) is 3.58. The van der Waals surface area contributed by atoms with Gasteiger partial charge in [-0.05, 0) is 49.7 Å². The van der Waals surface area contributed by atoms with Gasteiger partial charge in [-0.25, -0.2) is 4.39 Å². The number of rotatable bonds is 6. The van der Waals surface area contributed by atoms with Crippen LogP contribution in [0.1, 0.15) is 35.3 Å². The predicted octanol–water partition coefficient (Wildman–Crippen LogP) is 1.75. The highest BCUT2D eigenvalue weighted by molar-refractivity contribution is 6.52. The molecule has 0 spiro atoms. The maximum Gasteiger partial charge on any atom is 0.303 e. The van der Waals surface area contributed by atoms with E-state index in [2.05, 4.69) is 0 Å². The largest absolute Gasteiger partial charge is 0.490 e. The summed E-state index contributed by atoms with van der Waals surface area (Å²) < 4.78 is 24.9. The number of quaternary nitrogens is 1. The van der Waals surface area contributed by atoms with Crippen molar-refractivity contribution in [2.45, 2.75) is 26.8 Å². The van der Waals surface area contributed by atoms with Crippen LogP contribution in [0.4, 0.5) is 10.1 Å². The molecule has 6 nitrogen and oxygen atoms in total. The van der Waals surface area contributed by atoms with Crippen molar-refractivity contribution in [3.63, 3.8) is 0 Å². The normalized spacial score (nSPS) is 17.9. The topological polar surface area (TPSA) is 60.3 Å². The molecule has 1 amide bonds. The summed E-state index contributed by atoms with van der Waals surface area (Å²) in [7, 11) is 0. The summed E-state index contributed by atoms with van der Waals surface area (Å²) in [4.78, 5) is 27.3. The van der Waals surface area contributed by atoms with Crippen molar-refractivity contribution in [1.29, 1.82) is 0 Å². The molecule has 2 aliphatic rings. The van der Waals surface area contributed by atoms with E-state index in [0.717, 1.165) is 41.0 Å². The van der Waals surface area contributed by atoms with Crippen molar-refractivity contribution < 1.29 is 28.4 Å². The number of nitrogens with zero attached hydrogens (tertiary/aromatic N) is 1. The van der Waals surface area contributed by atoms with Gasteiger partial charge in [-0.2, -0.15) is 0 Å². The van der Waals surface area contributed by atoms with E-state index < -0.39 is 17.5 Å². The lowest BCUT2D eigenvalue weighted by atomic mass is 9.99. The number of halogens is 1. The van der Waals surface area contributed by atoms with Gasteiger partial charge in [0.25, 0.3) is 5.78 Å². The molecule has 1 N–H and O–H groups in total. The molecule has 0 aromatic heterocycles. The molecule has 4 rings (SSSR count). The van der Waals surface area contributed by atoms with E-state index in [0.29, 0.717) is 32.1 Å². The van der Waals surface area contributed by atoms with Gasteiger partial charge < -0.3 is 14.4 Å². The first-order chi connectivity index (χ1) is 14.0. The first-order valence-corrected chi connectivity index (χ1v) is 9.92. The standard InChI is InChI=1S/C22H23FN2O4/c1-3-28-19-9-14-7-8-24(12-15(14)10-20(19)29-4-2)13-25-18-6-5-16(23)11-17(18)21(26)22(25)27/h5-6,9-11H,3-4,7-8,12-13H2,1-2H3/p+1. The Bertz CT molecular complexity index is 976. The van der Waals surface area contributed by atoms with Gasteiger partial charge >= 0.3 is 5.91 Å². The maximum atomic E-state index is 13.5. The number of ether oxygens (including phenoxy) is 2. The smallest absolute Gasteiger partial charge is 0.303 e. The summed E-state index contributed by atoms with van der Waals surface area (Å²) in [6, 6.07) is 7.99. The lowest BCUT2D eigenvalue weighted by Gasteiger charge is -2.30. The number of nitrogens with one attached hydrogen (secondary N) is 1. The van der Waals surface area contributed by atoms with Crippen LogP contribution in [0, 0.1) is 5.82 Å². The molecule has 1 unspecified atom stereocenters. The summed E-state index contributed by atoms with van der Waals surface area (Å²) in [5.41, 5.74) is 3.00. The van der Waals surface area contributed by atoms with Crippen molar-refractivity contribution in [2.24, 2.45) is 0 Å². The minimum atomic E-state index is -0.642. The van der Waals surface area contributed by atoms with E-state index in [1.807, 2.05) is 26.0 Å². The number of hydrogen-bond acceptors (Lipinski definition) is 4. The minimum absolute atomic E-state index is 0.145. The quantitative estimate of drug-likeness (QED) is 0.752. The number of benzene rings is 2. The second kappa shape index (κ2) is 7.83. The van der Waals surface area contributed by atoms with Gasteiger partial charge in [-0.1, -0.05) is 0 Å². The van der Waals surface area contributed by atoms with Crippen LogP contribution >= 0.6 is 0 Å². The number of fused-ring (bicyclic) bond motifs is 2. The molecule has 2 aromatic carbocycles. The lowest BCUT2D eigenvalue weighted by molar-refractivity contribution is -0.914. The number of amides is 1. The zero-order valence-electron chi connectivity index (χ0n) is 16.6. The highest BCUT2D eigenvalue weighted by Crippen LogP contribution is 2.32. The van der Waals surface area contributed by atoms with Crippen LogP contribution in [0.5, 0.6) is 11.5 Å². The van der Waals surface area contributed by atoms with Crippen LogP contribution < -0.4 is 19.3 Å². The first-order valence-electron chi connectivity index (χ1n) is 9.92. The Hall–Kier alpha value is -2.93. The van der Waals surface area contributed by atoms with Crippen molar-refractivity contribution in [3.8, 4) is 11.5 Å². The fourth-order valence-electron chi connectivity index (χ4n) is 4.04. The number of carbonyl (C=O) groups excluding carboxylic acids is 2. The van der Waals surface area contributed by atoms with Crippen LogP contribution in [-0.4, -0.2) is 38.1 Å². The monoisotopic (exact) mass is 399 g/mol. The molecule has 152 valence electrons. The minimum Gasteiger partial charge on any atom is -0.490 e. The molecule has 7 heteroatoms. The second-order valence-corrected chi connectivity index (χ2v) is 7.24. The number of anilines is 1. The Balaban J connectivity index is 1.56. The van der Waals surface area contributed by atoms with E-state index in [4.69, 9.17) is 9.47 Å². The van der Waals surface area contributed by atoms with Crippen LogP contribution in [-0.2, 0) is 17.8 Å². The molecule has 0 saturated carbocycles. The van der Waals surface area contributed by atoms with E-state index in [1.54, 1.807) is 0 Å². The summed E-state index contributed by atoms with van der Waals surface area (Å²) in [5.74, 6) is -0.267. The highest BCUT2D eigenvalue weighted by atomic mass is 19.1. The Kier molecular flexibility index (Phi) is 5.24. The molecule has 0 radical (unpaired) electrons. The maximum absolute atomic E-state index is 13.5. The van der Waals surface area contributed by atoms with Gasteiger partial charge in [-0.3, -0.25) is 14.5 Å². The van der Waals surface area contributed by atoms with Crippen molar-refractivity contribution in [3.05, 3.63) is 52.8 Å². The molecular formula is C22H24FN2O4+. The Morgan fingerprint density at radius 1 is 1.03 bits per heavy atom. The third-order valence-corrected chi connectivity index (χ3v) is 5.37. The van der Waals surface area contributed by atoms with Gasteiger partial charge in [0.05, 0.1) is 31.0 Å². The van der Waals surface area contributed by atoms with Crippen LogP contribution in [0.15, 0.2) is 30.3 Å². The zero-order valence-corrected chi connectivity index (χ0v) is 16.6. The van der Waals surface area contributed by atoms with E-state index >= 15 is 0 Å². The lowest BCUT2D eigenvalue weighted by Crippen LogP contribution is -3.13. The molecule has 0 aliphatic carbocycles. The Morgan fingerprint density at radius 2 is 1.72 bits per heavy atom. The number of carbonyl (C=O) groups is 2. The molecule has 1 atom stereocenters.